The summed E-state index contributed by atoms with van der Waals surface area (Å²) in [4.78, 5) is 1.52. The zero-order valence-electron chi connectivity index (χ0n) is 8.97. The minimum atomic E-state index is -2.41. The zero-order chi connectivity index (χ0) is 12.8. The Morgan fingerprint density at radius 2 is 2.00 bits per heavy atom. The Bertz CT molecular complexity index is 361. The maximum absolute atomic E-state index is 13.5. The summed E-state index contributed by atoms with van der Waals surface area (Å²) in [6.45, 7) is 0.302. The van der Waals surface area contributed by atoms with E-state index < -0.39 is 6.43 Å². The molecule has 0 heterocycles. The summed E-state index contributed by atoms with van der Waals surface area (Å²) < 4.78 is 38.8. The first-order valence-corrected chi connectivity index (χ1v) is 6.94. The highest BCUT2D eigenvalue weighted by atomic mass is 79.9. The molecule has 6 heteroatoms. The molecular formula is C11H12Br2F3N. The Balaban J connectivity index is 2.71. The fourth-order valence-electron chi connectivity index (χ4n) is 1.44. The van der Waals surface area contributed by atoms with Gasteiger partial charge in [0, 0.05) is 28.5 Å². The van der Waals surface area contributed by atoms with Gasteiger partial charge in [-0.05, 0) is 12.1 Å². The predicted octanol–water partition coefficient (Wildman–Crippen LogP) is 4.05. The van der Waals surface area contributed by atoms with Crippen LogP contribution in [0.3, 0.4) is 0 Å². The molecule has 0 spiro atoms. The Morgan fingerprint density at radius 1 is 1.29 bits per heavy atom. The van der Waals surface area contributed by atoms with Crippen molar-refractivity contribution in [1.29, 1.82) is 0 Å². The van der Waals surface area contributed by atoms with E-state index in [1.165, 1.54) is 11.0 Å². The third kappa shape index (κ3) is 5.40. The second kappa shape index (κ2) is 7.38. The molecule has 0 fully saturated rings. The molecule has 1 aromatic rings. The molecule has 0 aliphatic heterocycles. The zero-order valence-corrected chi connectivity index (χ0v) is 12.1. The van der Waals surface area contributed by atoms with Crippen molar-refractivity contribution in [3.05, 3.63) is 34.1 Å². The van der Waals surface area contributed by atoms with Crippen LogP contribution in [0.4, 0.5) is 13.2 Å². The molecule has 0 aliphatic rings. The molecule has 0 N–H and O–H groups in total. The van der Waals surface area contributed by atoms with Crippen molar-refractivity contribution in [1.82, 2.24) is 4.90 Å². The number of nitrogens with zero attached hydrogens (tertiary/aromatic N) is 1. The molecule has 17 heavy (non-hydrogen) atoms. The smallest absolute Gasteiger partial charge is 0.251 e. The molecule has 0 aliphatic carbocycles. The van der Waals surface area contributed by atoms with Crippen molar-refractivity contribution in [2.75, 3.05) is 18.4 Å². The molecule has 1 rings (SSSR count). The summed E-state index contributed by atoms with van der Waals surface area (Å²) >= 11 is 6.35. The van der Waals surface area contributed by atoms with Gasteiger partial charge in [-0.25, -0.2) is 13.2 Å². The van der Waals surface area contributed by atoms with Crippen LogP contribution in [0.5, 0.6) is 0 Å². The van der Waals surface area contributed by atoms with E-state index in [9.17, 15) is 13.2 Å². The van der Waals surface area contributed by atoms with Crippen molar-refractivity contribution in [3.8, 4) is 0 Å². The molecule has 0 unspecified atom stereocenters. The minimum absolute atomic E-state index is 0.190. The van der Waals surface area contributed by atoms with Crippen molar-refractivity contribution in [2.24, 2.45) is 0 Å². The van der Waals surface area contributed by atoms with Crippen molar-refractivity contribution in [2.45, 2.75) is 13.0 Å². The number of halogens is 5. The van der Waals surface area contributed by atoms with Gasteiger partial charge < -0.3 is 0 Å². The SMILES string of the molecule is Fc1cc(Br)ccc1CN(CCBr)CC(F)F. The minimum Gasteiger partial charge on any atom is -0.293 e. The number of rotatable bonds is 6. The maximum Gasteiger partial charge on any atom is 0.251 e. The van der Waals surface area contributed by atoms with Crippen LogP contribution in [0.25, 0.3) is 0 Å². The van der Waals surface area contributed by atoms with Crippen molar-refractivity contribution >= 4 is 31.9 Å². The Morgan fingerprint density at radius 3 is 2.53 bits per heavy atom. The summed E-state index contributed by atoms with van der Waals surface area (Å²) in [5.74, 6) is -0.381. The van der Waals surface area contributed by atoms with E-state index in [1.807, 2.05) is 0 Å². The van der Waals surface area contributed by atoms with Gasteiger partial charge in [-0.3, -0.25) is 4.90 Å². The first-order chi connectivity index (χ1) is 8.02. The molecular weight excluding hydrogens is 363 g/mol. The van der Waals surface area contributed by atoms with Gasteiger partial charge in [0.25, 0.3) is 6.43 Å². The lowest BCUT2D eigenvalue weighted by Gasteiger charge is -2.21. The van der Waals surface area contributed by atoms with Crippen LogP contribution in [-0.2, 0) is 6.54 Å². The van der Waals surface area contributed by atoms with Crippen LogP contribution < -0.4 is 0 Å². The van der Waals surface area contributed by atoms with E-state index in [2.05, 4.69) is 31.9 Å². The fraction of sp³-hybridized carbons (Fsp3) is 0.455. The Labute approximate surface area is 115 Å². The average Bonchev–Trinajstić information content (AvgIpc) is 2.21. The first kappa shape index (κ1) is 15.0. The molecule has 1 aromatic carbocycles. The van der Waals surface area contributed by atoms with Crippen LogP contribution in [0, 0.1) is 5.82 Å². The first-order valence-electron chi connectivity index (χ1n) is 5.03. The number of alkyl halides is 3. The second-order valence-electron chi connectivity index (χ2n) is 3.55. The summed E-state index contributed by atoms with van der Waals surface area (Å²) in [5, 5.41) is 0.581. The Kier molecular flexibility index (Phi) is 6.51. The van der Waals surface area contributed by atoms with Gasteiger partial charge in [0.05, 0.1) is 6.54 Å². The number of hydrogen-bond acceptors (Lipinski definition) is 1. The lowest BCUT2D eigenvalue weighted by Crippen LogP contribution is -2.30. The summed E-state index contributed by atoms with van der Waals surface area (Å²) in [5.41, 5.74) is 0.426. The molecule has 0 atom stereocenters. The van der Waals surface area contributed by atoms with Crippen LogP contribution in [-0.4, -0.2) is 29.7 Å². The van der Waals surface area contributed by atoms with Gasteiger partial charge in [0.2, 0.25) is 0 Å². The molecule has 1 nitrogen and oxygen atoms in total. The van der Waals surface area contributed by atoms with Crippen molar-refractivity contribution < 1.29 is 13.2 Å². The van der Waals surface area contributed by atoms with Gasteiger partial charge >= 0.3 is 0 Å². The topological polar surface area (TPSA) is 3.24 Å². The fourth-order valence-corrected chi connectivity index (χ4v) is 2.28. The maximum atomic E-state index is 13.5. The average molecular weight is 375 g/mol. The van der Waals surface area contributed by atoms with E-state index in [-0.39, 0.29) is 18.9 Å². The molecule has 0 radical (unpaired) electrons. The highest BCUT2D eigenvalue weighted by Crippen LogP contribution is 2.17. The molecule has 0 aromatic heterocycles. The van der Waals surface area contributed by atoms with E-state index in [0.717, 1.165) is 0 Å². The highest BCUT2D eigenvalue weighted by Gasteiger charge is 2.14. The quantitative estimate of drug-likeness (QED) is 0.679. The normalized spacial score (nSPS) is 11.5. The van der Waals surface area contributed by atoms with Gasteiger partial charge in [0.15, 0.2) is 0 Å². The second-order valence-corrected chi connectivity index (χ2v) is 5.26. The lowest BCUT2D eigenvalue weighted by molar-refractivity contribution is 0.0876. The molecule has 0 amide bonds. The summed E-state index contributed by atoms with van der Waals surface area (Å²) in [7, 11) is 0. The third-order valence-electron chi connectivity index (χ3n) is 2.21. The van der Waals surface area contributed by atoms with Crippen LogP contribution in [0.2, 0.25) is 0 Å². The number of benzene rings is 1. The van der Waals surface area contributed by atoms with Crippen LogP contribution in [0.1, 0.15) is 5.56 Å². The Hall–Kier alpha value is -0.0700. The largest absolute Gasteiger partial charge is 0.293 e. The standard InChI is InChI=1S/C11H12Br2F3N/c12-3-4-17(7-11(15)16)6-8-1-2-9(13)5-10(8)14/h1-2,5,11H,3-4,6-7H2. The molecule has 0 saturated heterocycles. The number of hydrogen-bond donors (Lipinski definition) is 0. The lowest BCUT2D eigenvalue weighted by atomic mass is 10.2. The van der Waals surface area contributed by atoms with Crippen molar-refractivity contribution in [3.63, 3.8) is 0 Å². The monoisotopic (exact) mass is 373 g/mol. The van der Waals surface area contributed by atoms with Crippen LogP contribution in [0.15, 0.2) is 22.7 Å². The van der Waals surface area contributed by atoms with E-state index in [4.69, 9.17) is 0 Å². The van der Waals surface area contributed by atoms with Crippen LogP contribution >= 0.6 is 31.9 Å². The van der Waals surface area contributed by atoms with E-state index in [0.29, 0.717) is 21.9 Å². The third-order valence-corrected chi connectivity index (χ3v) is 3.05. The van der Waals surface area contributed by atoms with Gasteiger partial charge in [-0.1, -0.05) is 37.9 Å². The summed E-state index contributed by atoms with van der Waals surface area (Å²) in [6.07, 6.45) is -2.41. The summed E-state index contributed by atoms with van der Waals surface area (Å²) in [6, 6.07) is 4.64. The van der Waals surface area contributed by atoms with Gasteiger partial charge in [-0.2, -0.15) is 0 Å². The molecule has 0 saturated carbocycles. The van der Waals surface area contributed by atoms with E-state index in [1.54, 1.807) is 12.1 Å². The molecule has 96 valence electrons. The predicted molar refractivity (Wildman–Crippen MR) is 69.2 cm³/mol. The molecule has 0 bridgehead atoms. The highest BCUT2D eigenvalue weighted by molar-refractivity contribution is 9.10. The van der Waals surface area contributed by atoms with Gasteiger partial charge in [-0.15, -0.1) is 0 Å². The van der Waals surface area contributed by atoms with Gasteiger partial charge in [0.1, 0.15) is 5.82 Å². The van der Waals surface area contributed by atoms with E-state index >= 15 is 0 Å².